The van der Waals surface area contributed by atoms with Crippen molar-refractivity contribution in [1.82, 2.24) is 4.98 Å². The Morgan fingerprint density at radius 1 is 0.950 bits per heavy atom. The standard InChI is InChI=1S/C17H12N2O/c1-9-8-13-10-4-2-3-5-11(10)17(20)12-6-7-14(18)16(19-9)15(12)13/h2-8H,18H2,1H3. The fourth-order valence-electron chi connectivity index (χ4n) is 2.95. The van der Waals surface area contributed by atoms with Crippen LogP contribution in [-0.4, -0.2) is 10.8 Å². The molecule has 3 aromatic rings. The normalized spacial score (nSPS) is 12.6. The minimum Gasteiger partial charge on any atom is -0.397 e. The van der Waals surface area contributed by atoms with E-state index in [9.17, 15) is 4.79 Å². The number of carbonyl (C=O) groups is 1. The van der Waals surface area contributed by atoms with Crippen LogP contribution in [0.25, 0.3) is 22.0 Å². The van der Waals surface area contributed by atoms with Gasteiger partial charge in [0.05, 0.1) is 11.2 Å². The van der Waals surface area contributed by atoms with Crippen LogP contribution in [0.4, 0.5) is 5.69 Å². The maximum absolute atomic E-state index is 12.6. The van der Waals surface area contributed by atoms with Gasteiger partial charge in [0.15, 0.2) is 5.78 Å². The predicted octanol–water partition coefficient (Wildman–Crippen LogP) is 3.34. The average Bonchev–Trinajstić information content (AvgIpc) is 2.46. The molecule has 20 heavy (non-hydrogen) atoms. The van der Waals surface area contributed by atoms with E-state index in [1.807, 2.05) is 37.3 Å². The molecule has 0 saturated heterocycles. The van der Waals surface area contributed by atoms with Gasteiger partial charge in [-0.3, -0.25) is 9.78 Å². The van der Waals surface area contributed by atoms with Gasteiger partial charge < -0.3 is 5.73 Å². The van der Waals surface area contributed by atoms with Gasteiger partial charge in [0.25, 0.3) is 0 Å². The Hall–Kier alpha value is -2.68. The molecule has 4 rings (SSSR count). The van der Waals surface area contributed by atoms with Gasteiger partial charge in [0, 0.05) is 22.2 Å². The van der Waals surface area contributed by atoms with Crippen LogP contribution in [0.15, 0.2) is 42.5 Å². The van der Waals surface area contributed by atoms with Crippen LogP contribution < -0.4 is 5.73 Å². The quantitative estimate of drug-likeness (QED) is 0.493. The topological polar surface area (TPSA) is 56.0 Å². The van der Waals surface area contributed by atoms with E-state index in [4.69, 9.17) is 5.73 Å². The van der Waals surface area contributed by atoms with Gasteiger partial charge in [-0.2, -0.15) is 0 Å². The van der Waals surface area contributed by atoms with Gasteiger partial charge in [-0.25, -0.2) is 0 Å². The van der Waals surface area contributed by atoms with Crippen LogP contribution in [0.5, 0.6) is 0 Å². The molecule has 0 unspecified atom stereocenters. The van der Waals surface area contributed by atoms with Gasteiger partial charge in [-0.1, -0.05) is 24.3 Å². The van der Waals surface area contributed by atoms with E-state index >= 15 is 0 Å². The summed E-state index contributed by atoms with van der Waals surface area (Å²) >= 11 is 0. The molecule has 3 heteroatoms. The number of pyridine rings is 1. The molecule has 0 spiro atoms. The summed E-state index contributed by atoms with van der Waals surface area (Å²) in [5.74, 6) is 0.0451. The number of ketones is 1. The first kappa shape index (κ1) is 11.2. The van der Waals surface area contributed by atoms with E-state index in [2.05, 4.69) is 4.98 Å². The van der Waals surface area contributed by atoms with Crippen LogP contribution in [0.2, 0.25) is 0 Å². The van der Waals surface area contributed by atoms with Crippen LogP contribution in [0.3, 0.4) is 0 Å². The van der Waals surface area contributed by atoms with Crippen molar-refractivity contribution in [3.05, 3.63) is 59.3 Å². The summed E-state index contributed by atoms with van der Waals surface area (Å²) in [5.41, 5.74) is 11.7. The molecule has 0 fully saturated rings. The van der Waals surface area contributed by atoms with Crippen molar-refractivity contribution in [3.63, 3.8) is 0 Å². The lowest BCUT2D eigenvalue weighted by atomic mass is 9.83. The molecule has 1 aromatic heterocycles. The van der Waals surface area contributed by atoms with Crippen molar-refractivity contribution >= 4 is 22.4 Å². The molecule has 2 aromatic carbocycles. The highest BCUT2D eigenvalue weighted by atomic mass is 16.1. The second-order valence-electron chi connectivity index (χ2n) is 5.11. The SMILES string of the molecule is Cc1cc2c3c(ccc(N)c3n1)C(=O)c1ccccc1-2. The molecule has 96 valence electrons. The fourth-order valence-corrected chi connectivity index (χ4v) is 2.95. The predicted molar refractivity (Wildman–Crippen MR) is 79.8 cm³/mol. The van der Waals surface area contributed by atoms with Gasteiger partial charge in [-0.15, -0.1) is 0 Å². The molecule has 1 heterocycles. The largest absolute Gasteiger partial charge is 0.397 e. The third-order valence-corrected chi connectivity index (χ3v) is 3.83. The second-order valence-corrected chi connectivity index (χ2v) is 5.11. The molecular weight excluding hydrogens is 248 g/mol. The van der Waals surface area contributed by atoms with Gasteiger partial charge >= 0.3 is 0 Å². The van der Waals surface area contributed by atoms with Crippen molar-refractivity contribution in [2.75, 3.05) is 5.73 Å². The Balaban J connectivity index is 2.29. The molecule has 1 aliphatic rings. The summed E-state index contributed by atoms with van der Waals surface area (Å²) in [7, 11) is 0. The number of hydrogen-bond donors (Lipinski definition) is 1. The minimum absolute atomic E-state index is 0.0451. The summed E-state index contributed by atoms with van der Waals surface area (Å²) in [5, 5.41) is 0.874. The number of nitrogens with zero attached hydrogens (tertiary/aromatic N) is 1. The van der Waals surface area contributed by atoms with E-state index in [1.165, 1.54) is 0 Å². The molecule has 3 nitrogen and oxygen atoms in total. The zero-order valence-electron chi connectivity index (χ0n) is 11.0. The molecule has 2 N–H and O–H groups in total. The summed E-state index contributed by atoms with van der Waals surface area (Å²) in [6.07, 6.45) is 0. The minimum atomic E-state index is 0.0451. The first-order valence-electron chi connectivity index (χ1n) is 6.51. The summed E-state index contributed by atoms with van der Waals surface area (Å²) < 4.78 is 0. The Labute approximate surface area is 116 Å². The first-order chi connectivity index (χ1) is 9.66. The zero-order chi connectivity index (χ0) is 13.9. The average molecular weight is 260 g/mol. The number of aryl methyl sites for hydroxylation is 1. The summed E-state index contributed by atoms with van der Waals surface area (Å²) in [6, 6.07) is 13.3. The highest BCUT2D eigenvalue weighted by molar-refractivity contribution is 6.26. The molecule has 0 radical (unpaired) electrons. The first-order valence-corrected chi connectivity index (χ1v) is 6.51. The van der Waals surface area contributed by atoms with Crippen molar-refractivity contribution in [3.8, 4) is 11.1 Å². The second kappa shape index (κ2) is 3.67. The highest BCUT2D eigenvalue weighted by Crippen LogP contribution is 2.40. The number of nitrogens with two attached hydrogens (primary N) is 1. The van der Waals surface area contributed by atoms with Crippen molar-refractivity contribution in [2.24, 2.45) is 0 Å². The van der Waals surface area contributed by atoms with E-state index in [-0.39, 0.29) is 5.78 Å². The van der Waals surface area contributed by atoms with Crippen LogP contribution in [0.1, 0.15) is 21.6 Å². The van der Waals surface area contributed by atoms with Gasteiger partial charge in [-0.05, 0) is 36.2 Å². The maximum Gasteiger partial charge on any atom is 0.194 e. The van der Waals surface area contributed by atoms with E-state index < -0.39 is 0 Å². The van der Waals surface area contributed by atoms with Gasteiger partial charge in [0.1, 0.15) is 0 Å². The number of aromatic nitrogens is 1. The van der Waals surface area contributed by atoms with E-state index in [0.29, 0.717) is 11.3 Å². The lowest BCUT2D eigenvalue weighted by Crippen LogP contribution is -2.11. The van der Waals surface area contributed by atoms with Crippen LogP contribution in [-0.2, 0) is 0 Å². The molecule has 0 aliphatic heterocycles. The fraction of sp³-hybridized carbons (Fsp3) is 0.0588. The number of benzene rings is 2. The van der Waals surface area contributed by atoms with Crippen LogP contribution in [0, 0.1) is 6.92 Å². The van der Waals surface area contributed by atoms with Crippen molar-refractivity contribution in [2.45, 2.75) is 6.92 Å². The Morgan fingerprint density at radius 2 is 1.70 bits per heavy atom. The molecule has 1 aliphatic carbocycles. The smallest absolute Gasteiger partial charge is 0.194 e. The Morgan fingerprint density at radius 3 is 2.50 bits per heavy atom. The van der Waals surface area contributed by atoms with Crippen molar-refractivity contribution < 1.29 is 4.79 Å². The van der Waals surface area contributed by atoms with Crippen LogP contribution >= 0.6 is 0 Å². The lowest BCUT2D eigenvalue weighted by molar-refractivity contribution is 0.104. The number of anilines is 1. The molecule has 0 amide bonds. The Kier molecular flexibility index (Phi) is 2.05. The monoisotopic (exact) mass is 260 g/mol. The summed E-state index contributed by atoms with van der Waals surface area (Å²) in [4.78, 5) is 17.1. The zero-order valence-corrected chi connectivity index (χ0v) is 11.0. The van der Waals surface area contributed by atoms with Gasteiger partial charge in [0.2, 0.25) is 0 Å². The molecular formula is C17H12N2O. The summed E-state index contributed by atoms with van der Waals surface area (Å²) in [6.45, 7) is 1.95. The highest BCUT2D eigenvalue weighted by Gasteiger charge is 2.26. The number of carbonyl (C=O) groups excluding carboxylic acids is 1. The van der Waals surface area contributed by atoms with E-state index in [1.54, 1.807) is 12.1 Å². The maximum atomic E-state index is 12.6. The number of hydrogen-bond acceptors (Lipinski definition) is 3. The molecule has 0 bridgehead atoms. The third kappa shape index (κ3) is 1.29. The number of fused-ring (bicyclic) bond motifs is 2. The van der Waals surface area contributed by atoms with E-state index in [0.717, 1.165) is 33.3 Å². The number of rotatable bonds is 0. The lowest BCUT2D eigenvalue weighted by Gasteiger charge is -2.20. The molecule has 0 saturated carbocycles. The Bertz CT molecular complexity index is 897. The number of nitrogen functional groups attached to an aromatic ring is 1. The molecule has 0 atom stereocenters. The van der Waals surface area contributed by atoms with Crippen molar-refractivity contribution in [1.29, 1.82) is 0 Å². The third-order valence-electron chi connectivity index (χ3n) is 3.83.